The molecule has 1 heterocycles. The van der Waals surface area contributed by atoms with Crippen molar-refractivity contribution >= 4 is 68.1 Å². The second-order valence-electron chi connectivity index (χ2n) is 4.63. The van der Waals surface area contributed by atoms with Gasteiger partial charge in [-0.1, -0.05) is 53.0 Å². The number of nitrogens with zero attached hydrogens (tertiary/aromatic N) is 3. The first-order valence-electron chi connectivity index (χ1n) is 6.80. The van der Waals surface area contributed by atoms with Crippen molar-refractivity contribution in [1.29, 1.82) is 0 Å². The molecule has 0 saturated heterocycles. The van der Waals surface area contributed by atoms with Gasteiger partial charge in [-0.15, -0.1) is 5.10 Å². The van der Waals surface area contributed by atoms with Crippen LogP contribution in [0.5, 0.6) is 0 Å². The van der Waals surface area contributed by atoms with Crippen molar-refractivity contribution < 1.29 is 4.79 Å². The Morgan fingerprint density at radius 3 is 2.40 bits per heavy atom. The second kappa shape index (κ2) is 8.33. The molecule has 2 aromatic carbocycles. The van der Waals surface area contributed by atoms with E-state index in [9.17, 15) is 4.79 Å². The summed E-state index contributed by atoms with van der Waals surface area (Å²) in [6.07, 6.45) is 1.32. The van der Waals surface area contributed by atoms with Crippen molar-refractivity contribution in [2.45, 2.75) is 10.1 Å². The number of carbonyl (C=O) groups is 1. The van der Waals surface area contributed by atoms with Crippen LogP contribution in [0.3, 0.4) is 0 Å². The number of hydrogen-bond acceptors (Lipinski definition) is 5. The Morgan fingerprint density at radius 1 is 1.04 bits per heavy atom. The van der Waals surface area contributed by atoms with E-state index in [0.29, 0.717) is 10.2 Å². The zero-order valence-electron chi connectivity index (χ0n) is 12.3. The molecule has 5 nitrogen and oxygen atoms in total. The first-order chi connectivity index (χ1) is 12.0. The second-order valence-corrected chi connectivity index (χ2v) is 8.05. The highest BCUT2D eigenvalue weighted by molar-refractivity contribution is 8.76. The molecule has 0 unspecified atom stereocenters. The van der Waals surface area contributed by atoms with E-state index in [2.05, 4.69) is 15.4 Å². The molecule has 0 spiro atoms. The highest BCUT2D eigenvalue weighted by atomic mass is 35.5. The molecule has 10 heteroatoms. The number of benzene rings is 2. The summed E-state index contributed by atoms with van der Waals surface area (Å²) in [5.41, 5.74) is 0.265. The zero-order valence-corrected chi connectivity index (χ0v) is 16.2. The molecule has 128 valence electrons. The Bertz CT molecular complexity index is 882. The lowest BCUT2D eigenvalue weighted by atomic mass is 10.3. The molecule has 0 radical (unpaired) electrons. The summed E-state index contributed by atoms with van der Waals surface area (Å²) in [5.74, 6) is 0. The Morgan fingerprint density at radius 2 is 1.72 bits per heavy atom. The maximum absolute atomic E-state index is 12.3. The van der Waals surface area contributed by atoms with Gasteiger partial charge in [0.15, 0.2) is 0 Å². The summed E-state index contributed by atoms with van der Waals surface area (Å²) in [7, 11) is 2.85. The van der Waals surface area contributed by atoms with Crippen molar-refractivity contribution in [3.63, 3.8) is 0 Å². The summed E-state index contributed by atoms with van der Waals surface area (Å²) >= 11 is 18.0. The van der Waals surface area contributed by atoms with Crippen molar-refractivity contribution in [3.8, 4) is 0 Å². The zero-order chi connectivity index (χ0) is 17.8. The van der Waals surface area contributed by atoms with E-state index in [1.54, 1.807) is 0 Å². The van der Waals surface area contributed by atoms with Gasteiger partial charge in [-0.25, -0.2) is 9.78 Å². The third-order valence-electron chi connectivity index (χ3n) is 2.87. The SMILES string of the molecule is O=C(Nc1c(Cl)cc(Cl)cc1Cl)n1cnc(SSc2ccccc2)n1. The summed E-state index contributed by atoms with van der Waals surface area (Å²) in [4.78, 5) is 17.4. The van der Waals surface area contributed by atoms with Crippen LogP contribution < -0.4 is 5.32 Å². The van der Waals surface area contributed by atoms with Gasteiger partial charge in [0, 0.05) is 9.92 Å². The first-order valence-corrected chi connectivity index (χ1v) is 10.1. The topological polar surface area (TPSA) is 59.8 Å². The van der Waals surface area contributed by atoms with Gasteiger partial charge in [0.1, 0.15) is 6.33 Å². The van der Waals surface area contributed by atoms with E-state index < -0.39 is 6.03 Å². The molecule has 0 saturated carbocycles. The molecule has 0 bridgehead atoms. The monoisotopic (exact) mass is 430 g/mol. The van der Waals surface area contributed by atoms with Gasteiger partial charge in [0.25, 0.3) is 0 Å². The lowest BCUT2D eigenvalue weighted by molar-refractivity contribution is 0.250. The maximum Gasteiger partial charge on any atom is 0.348 e. The van der Waals surface area contributed by atoms with Crippen molar-refractivity contribution in [2.24, 2.45) is 0 Å². The van der Waals surface area contributed by atoms with Gasteiger partial charge in [0.05, 0.1) is 15.7 Å². The summed E-state index contributed by atoms with van der Waals surface area (Å²) in [6.45, 7) is 0. The summed E-state index contributed by atoms with van der Waals surface area (Å²) in [5, 5.41) is 8.02. The number of rotatable bonds is 4. The van der Waals surface area contributed by atoms with Gasteiger partial charge >= 0.3 is 6.03 Å². The number of halogens is 3. The minimum absolute atomic E-state index is 0.236. The minimum atomic E-state index is -0.532. The van der Waals surface area contributed by atoms with Crippen LogP contribution in [0.1, 0.15) is 0 Å². The van der Waals surface area contributed by atoms with Crippen molar-refractivity contribution in [1.82, 2.24) is 14.8 Å². The van der Waals surface area contributed by atoms with Crippen molar-refractivity contribution in [3.05, 3.63) is 63.9 Å². The van der Waals surface area contributed by atoms with Crippen LogP contribution in [0.25, 0.3) is 0 Å². The molecule has 3 aromatic rings. The predicted octanol–water partition coefficient (Wildman–Crippen LogP) is 6.12. The fourth-order valence-corrected chi connectivity index (χ4v) is 4.41. The molecule has 3 rings (SSSR count). The smallest absolute Gasteiger partial charge is 0.303 e. The molecule has 1 amide bonds. The van der Waals surface area contributed by atoms with Crippen LogP contribution in [-0.4, -0.2) is 20.8 Å². The molecule has 0 fully saturated rings. The minimum Gasteiger partial charge on any atom is -0.303 e. The van der Waals surface area contributed by atoms with Crippen LogP contribution in [0, 0.1) is 0 Å². The largest absolute Gasteiger partial charge is 0.348 e. The lowest BCUT2D eigenvalue weighted by Gasteiger charge is -2.09. The molecule has 0 aliphatic rings. The van der Waals surface area contributed by atoms with E-state index in [-0.39, 0.29) is 15.7 Å². The van der Waals surface area contributed by atoms with Crippen LogP contribution in [0.15, 0.2) is 58.8 Å². The quantitative estimate of drug-likeness (QED) is 0.504. The van der Waals surface area contributed by atoms with E-state index in [4.69, 9.17) is 34.8 Å². The molecule has 25 heavy (non-hydrogen) atoms. The Kier molecular flexibility index (Phi) is 6.14. The maximum atomic E-state index is 12.3. The number of anilines is 1. The van der Waals surface area contributed by atoms with Gasteiger partial charge < -0.3 is 5.32 Å². The van der Waals surface area contributed by atoms with Gasteiger partial charge in [-0.3, -0.25) is 0 Å². The fraction of sp³-hybridized carbons (Fsp3) is 0. The van der Waals surface area contributed by atoms with E-state index >= 15 is 0 Å². The number of carbonyl (C=O) groups excluding carboxylic acids is 1. The number of amides is 1. The lowest BCUT2D eigenvalue weighted by Crippen LogP contribution is -2.20. The molecular weight excluding hydrogens is 423 g/mol. The Hall–Kier alpha value is -1.38. The van der Waals surface area contributed by atoms with Crippen LogP contribution >= 0.6 is 56.4 Å². The number of nitrogens with one attached hydrogen (secondary N) is 1. The molecule has 0 aliphatic heterocycles. The standard InChI is InChI=1S/C15H9Cl3N4OS2/c16-9-6-11(17)13(12(18)7-9)20-15(23)22-8-19-14(21-22)25-24-10-4-2-1-3-5-10/h1-8H,(H,20,23). The Balaban J connectivity index is 1.67. The van der Waals surface area contributed by atoms with E-state index in [0.717, 1.165) is 9.58 Å². The van der Waals surface area contributed by atoms with E-state index in [1.165, 1.54) is 40.0 Å². The third-order valence-corrected chi connectivity index (χ3v) is 5.85. The Labute approximate surface area is 166 Å². The van der Waals surface area contributed by atoms with Gasteiger partial charge in [0.2, 0.25) is 5.16 Å². The number of hydrogen-bond donors (Lipinski definition) is 1. The summed E-state index contributed by atoms with van der Waals surface area (Å²) in [6, 6.07) is 12.2. The van der Waals surface area contributed by atoms with E-state index in [1.807, 2.05) is 30.3 Å². The summed E-state index contributed by atoms with van der Waals surface area (Å²) < 4.78 is 1.08. The normalized spacial score (nSPS) is 10.7. The predicted molar refractivity (Wildman–Crippen MR) is 104 cm³/mol. The van der Waals surface area contributed by atoms with Crippen molar-refractivity contribution in [2.75, 3.05) is 5.32 Å². The molecule has 1 aromatic heterocycles. The molecule has 1 N–H and O–H groups in total. The fourth-order valence-electron chi connectivity index (χ4n) is 1.77. The van der Waals surface area contributed by atoms with Crippen LogP contribution in [0.2, 0.25) is 15.1 Å². The molecular formula is C15H9Cl3N4OS2. The molecule has 0 aliphatic carbocycles. The van der Waals surface area contributed by atoms with Crippen LogP contribution in [0.4, 0.5) is 10.5 Å². The van der Waals surface area contributed by atoms with Crippen LogP contribution in [-0.2, 0) is 0 Å². The third kappa shape index (κ3) is 4.83. The van der Waals surface area contributed by atoms with Gasteiger partial charge in [-0.05, 0) is 45.9 Å². The molecule has 0 atom stereocenters. The first kappa shape index (κ1) is 18.4. The average molecular weight is 432 g/mol. The average Bonchev–Trinajstić information content (AvgIpc) is 3.06. The van der Waals surface area contributed by atoms with Gasteiger partial charge in [-0.2, -0.15) is 4.68 Å². The highest BCUT2D eigenvalue weighted by Gasteiger charge is 2.14. The number of aromatic nitrogens is 3. The highest BCUT2D eigenvalue weighted by Crippen LogP contribution is 2.35.